The molecule has 0 aromatic carbocycles. The van der Waals surface area contributed by atoms with Crippen LogP contribution in [0, 0.1) is 0 Å². The van der Waals surface area contributed by atoms with Crippen LogP contribution in [0.3, 0.4) is 0 Å². The van der Waals surface area contributed by atoms with Crippen LogP contribution in [0.4, 0.5) is 0 Å². The maximum atomic E-state index is 12.4. The van der Waals surface area contributed by atoms with Crippen molar-refractivity contribution >= 4 is 37.5 Å². The minimum atomic E-state index is -4.65. The Morgan fingerprint density at radius 1 is 0.517 bits per heavy atom. The molecule has 7 heteroatoms. The zero-order valence-electron chi connectivity index (χ0n) is 19.1. The van der Waals surface area contributed by atoms with Crippen molar-refractivity contribution in [2.24, 2.45) is 0 Å². The van der Waals surface area contributed by atoms with E-state index in [0.717, 1.165) is 64.2 Å². The Hall–Kier alpha value is -0.791. The Labute approximate surface area is 182 Å². The Morgan fingerprint density at radius 2 is 0.828 bits per heavy atom. The van der Waals surface area contributed by atoms with Gasteiger partial charge in [-0.05, 0) is 0 Å². The van der Waals surface area contributed by atoms with Crippen LogP contribution < -0.4 is 0 Å². The molecular formula is C22H42O6Sn. The van der Waals surface area contributed by atoms with E-state index in [2.05, 4.69) is 20.8 Å². The van der Waals surface area contributed by atoms with Crippen molar-refractivity contribution in [1.82, 2.24) is 0 Å². The third-order valence-electron chi connectivity index (χ3n) is 4.60. The first kappa shape index (κ1) is 28.2. The van der Waals surface area contributed by atoms with E-state index in [-0.39, 0.29) is 19.3 Å². The van der Waals surface area contributed by atoms with Crippen LogP contribution in [0.25, 0.3) is 0 Å². The third-order valence-corrected chi connectivity index (χ3v) is 12.0. The molecule has 0 aliphatic rings. The zero-order chi connectivity index (χ0) is 22.0. The second-order valence-corrected chi connectivity index (χ2v) is 14.7. The van der Waals surface area contributed by atoms with Gasteiger partial charge in [0.05, 0.1) is 0 Å². The Balaban J connectivity index is 5.25. The van der Waals surface area contributed by atoms with Gasteiger partial charge in [-0.2, -0.15) is 0 Å². The zero-order valence-corrected chi connectivity index (χ0v) is 21.9. The molecule has 0 aromatic rings. The van der Waals surface area contributed by atoms with Gasteiger partial charge in [0.1, 0.15) is 0 Å². The first-order chi connectivity index (χ1) is 13.9. The van der Waals surface area contributed by atoms with E-state index in [9.17, 15) is 14.4 Å². The summed E-state index contributed by atoms with van der Waals surface area (Å²) in [4.78, 5) is 37.3. The van der Waals surface area contributed by atoms with E-state index in [0.29, 0.717) is 10.9 Å². The summed E-state index contributed by atoms with van der Waals surface area (Å²) in [5.74, 6) is -1.23. The van der Waals surface area contributed by atoms with Crippen LogP contribution in [0.1, 0.15) is 118 Å². The number of hydrogen-bond acceptors (Lipinski definition) is 6. The second kappa shape index (κ2) is 18.0. The molecule has 0 aliphatic carbocycles. The maximum absolute atomic E-state index is 12.4. The minimum absolute atomic E-state index is 0.263. The molecule has 0 spiro atoms. The van der Waals surface area contributed by atoms with Crippen molar-refractivity contribution in [1.29, 1.82) is 0 Å². The van der Waals surface area contributed by atoms with Crippen LogP contribution in [0.15, 0.2) is 0 Å². The number of carbonyl (C=O) groups excluding carboxylic acids is 3. The van der Waals surface area contributed by atoms with Crippen molar-refractivity contribution < 1.29 is 23.6 Å². The molecule has 0 heterocycles. The van der Waals surface area contributed by atoms with Crippen LogP contribution in [0.5, 0.6) is 0 Å². The molecule has 0 saturated carbocycles. The van der Waals surface area contributed by atoms with Gasteiger partial charge in [0.25, 0.3) is 0 Å². The molecule has 0 aromatic heterocycles. The molecule has 0 N–H and O–H groups in total. The van der Waals surface area contributed by atoms with Crippen LogP contribution in [0.2, 0.25) is 4.44 Å². The van der Waals surface area contributed by atoms with E-state index >= 15 is 0 Å². The molecular weight excluding hydrogens is 479 g/mol. The standard InChI is InChI=1S/3C6H12O2.C4H9.Sn/c3*1-2-3-4-5-6(7)8;1-3-4-2;/h3*2-5H2,1H3,(H,7,8);1,3-4H2,2H3;/q;;;;+3/p-3. The van der Waals surface area contributed by atoms with Crippen molar-refractivity contribution in [2.45, 2.75) is 122 Å². The molecule has 6 nitrogen and oxygen atoms in total. The van der Waals surface area contributed by atoms with Crippen LogP contribution in [-0.2, 0) is 23.6 Å². The first-order valence-corrected chi connectivity index (χ1v) is 17.1. The van der Waals surface area contributed by atoms with E-state index in [4.69, 9.17) is 9.22 Å². The van der Waals surface area contributed by atoms with Crippen LogP contribution in [-0.4, -0.2) is 37.5 Å². The molecule has 0 rings (SSSR count). The van der Waals surface area contributed by atoms with E-state index in [1.165, 1.54) is 0 Å². The molecule has 0 fully saturated rings. The summed E-state index contributed by atoms with van der Waals surface area (Å²) in [5, 5.41) is 0. The second-order valence-electron chi connectivity index (χ2n) is 7.58. The van der Waals surface area contributed by atoms with Crippen molar-refractivity contribution in [3.63, 3.8) is 0 Å². The molecule has 0 aliphatic heterocycles. The van der Waals surface area contributed by atoms with Gasteiger partial charge in [-0.25, -0.2) is 0 Å². The van der Waals surface area contributed by atoms with Gasteiger partial charge >= 0.3 is 183 Å². The van der Waals surface area contributed by atoms with Gasteiger partial charge in [0.2, 0.25) is 0 Å². The fraction of sp³-hybridized carbons (Fsp3) is 0.864. The van der Waals surface area contributed by atoms with Crippen molar-refractivity contribution in [3.8, 4) is 0 Å². The van der Waals surface area contributed by atoms with Crippen molar-refractivity contribution in [2.75, 3.05) is 0 Å². The number of hydrogen-bond donors (Lipinski definition) is 0. The predicted molar refractivity (Wildman–Crippen MR) is 116 cm³/mol. The quantitative estimate of drug-likeness (QED) is 0.160. The van der Waals surface area contributed by atoms with Gasteiger partial charge in [-0.15, -0.1) is 0 Å². The number of carbonyl (C=O) groups is 3. The summed E-state index contributed by atoms with van der Waals surface area (Å²) in [7, 11) is 0. The molecule has 0 bridgehead atoms. The van der Waals surface area contributed by atoms with E-state index < -0.39 is 37.5 Å². The summed E-state index contributed by atoms with van der Waals surface area (Å²) < 4.78 is 17.5. The Kier molecular flexibility index (Phi) is 17.5. The number of unbranched alkanes of at least 4 members (excludes halogenated alkanes) is 7. The fourth-order valence-electron chi connectivity index (χ4n) is 2.84. The normalized spacial score (nSPS) is 11.2. The van der Waals surface area contributed by atoms with Crippen LogP contribution >= 0.6 is 0 Å². The van der Waals surface area contributed by atoms with Gasteiger partial charge in [0.15, 0.2) is 0 Å². The van der Waals surface area contributed by atoms with E-state index in [1.54, 1.807) is 0 Å². The van der Waals surface area contributed by atoms with Gasteiger partial charge in [-0.1, -0.05) is 0 Å². The first-order valence-electron chi connectivity index (χ1n) is 11.6. The molecule has 0 radical (unpaired) electrons. The summed E-state index contributed by atoms with van der Waals surface area (Å²) >= 11 is -4.65. The molecule has 170 valence electrons. The van der Waals surface area contributed by atoms with Gasteiger partial charge in [-0.3, -0.25) is 0 Å². The monoisotopic (exact) mass is 522 g/mol. The summed E-state index contributed by atoms with van der Waals surface area (Å²) in [6.45, 7) is 8.19. The fourth-order valence-corrected chi connectivity index (χ4v) is 10.2. The summed E-state index contributed by atoms with van der Waals surface area (Å²) in [6.07, 6.45) is 10.3. The molecule has 0 unspecified atom stereocenters. The third kappa shape index (κ3) is 14.8. The SMILES string of the molecule is CCCCCC(=O)[O][Sn]([CH2]CCC)([O]C(=O)CCCCC)[O]C(=O)CCCCC. The Morgan fingerprint density at radius 3 is 1.10 bits per heavy atom. The predicted octanol–water partition coefficient (Wildman–Crippen LogP) is 6.10. The average Bonchev–Trinajstić information content (AvgIpc) is 2.67. The topological polar surface area (TPSA) is 78.9 Å². The van der Waals surface area contributed by atoms with E-state index in [1.807, 2.05) is 6.92 Å². The van der Waals surface area contributed by atoms with Crippen molar-refractivity contribution in [3.05, 3.63) is 0 Å². The summed E-state index contributed by atoms with van der Waals surface area (Å²) in [5.41, 5.74) is 0. The van der Waals surface area contributed by atoms with Gasteiger partial charge in [0, 0.05) is 0 Å². The Bertz CT molecular complexity index is 406. The summed E-state index contributed by atoms with van der Waals surface area (Å²) in [6, 6.07) is 0. The van der Waals surface area contributed by atoms with Gasteiger partial charge < -0.3 is 0 Å². The number of rotatable bonds is 18. The average molecular weight is 521 g/mol. The molecule has 0 atom stereocenters. The molecule has 0 amide bonds. The molecule has 0 saturated heterocycles. The molecule has 29 heavy (non-hydrogen) atoms.